The fraction of sp³-hybridized carbons (Fsp3) is 0.750. The molecule has 1 aromatic rings. The van der Waals surface area contributed by atoms with Crippen LogP contribution in [0.2, 0.25) is 0 Å². The summed E-state index contributed by atoms with van der Waals surface area (Å²) in [6, 6.07) is 0.523. The van der Waals surface area contributed by atoms with Crippen molar-refractivity contribution in [2.24, 2.45) is 5.41 Å². The molecule has 1 aliphatic heterocycles. The van der Waals surface area contributed by atoms with Gasteiger partial charge in [0.25, 0.3) is 0 Å². The first-order valence-corrected chi connectivity index (χ1v) is 5.80. The van der Waals surface area contributed by atoms with Crippen LogP contribution >= 0.6 is 0 Å². The lowest BCUT2D eigenvalue weighted by atomic mass is 9.96. The minimum Gasteiger partial charge on any atom is -0.333 e. The topological polar surface area (TPSA) is 29.9 Å². The van der Waals surface area contributed by atoms with Crippen molar-refractivity contribution < 1.29 is 0 Å². The SMILES string of the molecule is CC(C)(C)Cn1cncc1[C@@H]1CCCN1. The smallest absolute Gasteiger partial charge is 0.0948 e. The van der Waals surface area contributed by atoms with Crippen LogP contribution in [0.15, 0.2) is 12.5 Å². The molecule has 1 atom stereocenters. The lowest BCUT2D eigenvalue weighted by molar-refractivity contribution is 0.333. The maximum absolute atomic E-state index is 4.27. The molecule has 0 unspecified atom stereocenters. The third-order valence-corrected chi connectivity index (χ3v) is 2.81. The van der Waals surface area contributed by atoms with Gasteiger partial charge in [-0.25, -0.2) is 4.98 Å². The molecule has 0 aliphatic carbocycles. The highest BCUT2D eigenvalue weighted by Crippen LogP contribution is 2.25. The largest absolute Gasteiger partial charge is 0.333 e. The normalized spacial score (nSPS) is 22.2. The zero-order valence-electron chi connectivity index (χ0n) is 9.95. The molecule has 3 heteroatoms. The second-order valence-electron chi connectivity index (χ2n) is 5.66. The van der Waals surface area contributed by atoms with Gasteiger partial charge in [-0.3, -0.25) is 0 Å². The van der Waals surface area contributed by atoms with Crippen LogP contribution in [-0.2, 0) is 6.54 Å². The summed E-state index contributed by atoms with van der Waals surface area (Å²) in [6.07, 6.45) is 6.50. The third kappa shape index (κ3) is 2.59. The van der Waals surface area contributed by atoms with Crippen molar-refractivity contribution in [3.8, 4) is 0 Å². The molecule has 2 heterocycles. The fourth-order valence-corrected chi connectivity index (χ4v) is 2.20. The first-order valence-electron chi connectivity index (χ1n) is 5.80. The van der Waals surface area contributed by atoms with Crippen LogP contribution in [0.1, 0.15) is 45.3 Å². The molecule has 0 amide bonds. The van der Waals surface area contributed by atoms with E-state index in [2.05, 4.69) is 35.6 Å². The number of nitrogens with one attached hydrogen (secondary N) is 1. The average Bonchev–Trinajstić information content (AvgIpc) is 2.68. The van der Waals surface area contributed by atoms with Gasteiger partial charge < -0.3 is 9.88 Å². The van der Waals surface area contributed by atoms with Crippen molar-refractivity contribution in [3.63, 3.8) is 0 Å². The van der Waals surface area contributed by atoms with Crippen LogP contribution in [-0.4, -0.2) is 16.1 Å². The Labute approximate surface area is 91.9 Å². The molecule has 0 aromatic carbocycles. The highest BCUT2D eigenvalue weighted by Gasteiger charge is 2.21. The standard InChI is InChI=1S/C12H21N3/c1-12(2,3)8-15-9-13-7-11(15)10-5-4-6-14-10/h7,9-10,14H,4-6,8H2,1-3H3/t10-/m0/s1. The highest BCUT2D eigenvalue weighted by molar-refractivity contribution is 5.07. The van der Waals surface area contributed by atoms with Crippen LogP contribution in [0, 0.1) is 5.41 Å². The van der Waals surface area contributed by atoms with Gasteiger partial charge >= 0.3 is 0 Å². The molecule has 84 valence electrons. The second-order valence-corrected chi connectivity index (χ2v) is 5.66. The van der Waals surface area contributed by atoms with Crippen LogP contribution < -0.4 is 5.32 Å². The van der Waals surface area contributed by atoms with E-state index in [-0.39, 0.29) is 0 Å². The van der Waals surface area contributed by atoms with Gasteiger partial charge in [-0.15, -0.1) is 0 Å². The molecule has 0 bridgehead atoms. The molecule has 1 N–H and O–H groups in total. The van der Waals surface area contributed by atoms with Gasteiger partial charge in [0.15, 0.2) is 0 Å². The van der Waals surface area contributed by atoms with Gasteiger partial charge in [-0.05, 0) is 24.8 Å². The molecule has 3 nitrogen and oxygen atoms in total. The second kappa shape index (κ2) is 3.97. The summed E-state index contributed by atoms with van der Waals surface area (Å²) in [5, 5.41) is 3.52. The number of hydrogen-bond donors (Lipinski definition) is 1. The van der Waals surface area contributed by atoms with Crippen LogP contribution in [0.3, 0.4) is 0 Å². The molecular weight excluding hydrogens is 186 g/mol. The number of rotatable bonds is 2. The van der Waals surface area contributed by atoms with E-state index < -0.39 is 0 Å². The Bertz CT molecular complexity index is 316. The van der Waals surface area contributed by atoms with Crippen LogP contribution in [0.25, 0.3) is 0 Å². The molecule has 1 saturated heterocycles. The van der Waals surface area contributed by atoms with E-state index >= 15 is 0 Å². The molecule has 1 aliphatic rings. The van der Waals surface area contributed by atoms with Gasteiger partial charge in [-0.1, -0.05) is 20.8 Å². The summed E-state index contributed by atoms with van der Waals surface area (Å²) in [7, 11) is 0. The molecule has 0 spiro atoms. The quantitative estimate of drug-likeness (QED) is 0.806. The Morgan fingerprint density at radius 2 is 2.33 bits per heavy atom. The van der Waals surface area contributed by atoms with Gasteiger partial charge in [-0.2, -0.15) is 0 Å². The van der Waals surface area contributed by atoms with Gasteiger partial charge in [0.1, 0.15) is 0 Å². The molecule has 0 radical (unpaired) electrons. The summed E-state index contributed by atoms with van der Waals surface area (Å²) in [4.78, 5) is 4.27. The Balaban J connectivity index is 2.14. The van der Waals surface area contributed by atoms with Gasteiger partial charge in [0, 0.05) is 18.8 Å². The van der Waals surface area contributed by atoms with Crippen molar-refractivity contribution in [1.82, 2.24) is 14.9 Å². The van der Waals surface area contributed by atoms with Gasteiger partial charge in [0.05, 0.1) is 12.0 Å². The number of imidazole rings is 1. The first kappa shape index (κ1) is 10.7. The summed E-state index contributed by atoms with van der Waals surface area (Å²) >= 11 is 0. The molecule has 0 saturated carbocycles. The summed E-state index contributed by atoms with van der Waals surface area (Å²) in [5.41, 5.74) is 1.66. The zero-order valence-corrected chi connectivity index (χ0v) is 9.95. The van der Waals surface area contributed by atoms with E-state index in [0.29, 0.717) is 11.5 Å². The number of nitrogens with zero attached hydrogens (tertiary/aromatic N) is 2. The van der Waals surface area contributed by atoms with E-state index in [4.69, 9.17) is 0 Å². The Morgan fingerprint density at radius 3 is 2.93 bits per heavy atom. The summed E-state index contributed by atoms with van der Waals surface area (Å²) in [5.74, 6) is 0. The van der Waals surface area contributed by atoms with E-state index in [1.807, 2.05) is 12.5 Å². The Kier molecular flexibility index (Phi) is 2.83. The summed E-state index contributed by atoms with van der Waals surface area (Å²) in [6.45, 7) is 8.97. The number of aromatic nitrogens is 2. The number of hydrogen-bond acceptors (Lipinski definition) is 2. The highest BCUT2D eigenvalue weighted by atomic mass is 15.1. The van der Waals surface area contributed by atoms with Crippen molar-refractivity contribution in [2.75, 3.05) is 6.54 Å². The van der Waals surface area contributed by atoms with E-state index in [1.165, 1.54) is 18.5 Å². The predicted octanol–water partition coefficient (Wildman–Crippen LogP) is 2.35. The zero-order chi connectivity index (χ0) is 10.9. The summed E-state index contributed by atoms with van der Waals surface area (Å²) < 4.78 is 2.29. The van der Waals surface area contributed by atoms with E-state index in [1.54, 1.807) is 0 Å². The minimum atomic E-state index is 0.314. The molecule has 2 rings (SSSR count). The van der Waals surface area contributed by atoms with E-state index in [0.717, 1.165) is 13.1 Å². The third-order valence-electron chi connectivity index (χ3n) is 2.81. The first-order chi connectivity index (χ1) is 7.06. The van der Waals surface area contributed by atoms with Crippen molar-refractivity contribution in [3.05, 3.63) is 18.2 Å². The average molecular weight is 207 g/mol. The van der Waals surface area contributed by atoms with Crippen LogP contribution in [0.5, 0.6) is 0 Å². The Morgan fingerprint density at radius 1 is 1.53 bits per heavy atom. The van der Waals surface area contributed by atoms with Gasteiger partial charge in [0.2, 0.25) is 0 Å². The lowest BCUT2D eigenvalue weighted by Gasteiger charge is -2.22. The maximum Gasteiger partial charge on any atom is 0.0948 e. The van der Waals surface area contributed by atoms with Crippen molar-refractivity contribution in [2.45, 2.75) is 46.2 Å². The monoisotopic (exact) mass is 207 g/mol. The maximum atomic E-state index is 4.27. The predicted molar refractivity (Wildman–Crippen MR) is 61.7 cm³/mol. The molecule has 15 heavy (non-hydrogen) atoms. The fourth-order valence-electron chi connectivity index (χ4n) is 2.20. The molecular formula is C12H21N3. The molecule has 1 aromatic heterocycles. The molecule has 1 fully saturated rings. The lowest BCUT2D eigenvalue weighted by Crippen LogP contribution is -2.21. The van der Waals surface area contributed by atoms with Crippen molar-refractivity contribution >= 4 is 0 Å². The van der Waals surface area contributed by atoms with Crippen LogP contribution in [0.4, 0.5) is 0 Å². The minimum absolute atomic E-state index is 0.314. The Hall–Kier alpha value is -0.830. The van der Waals surface area contributed by atoms with E-state index in [9.17, 15) is 0 Å². The van der Waals surface area contributed by atoms with Crippen molar-refractivity contribution in [1.29, 1.82) is 0 Å².